The van der Waals surface area contributed by atoms with E-state index >= 15 is 0 Å². The number of hydrogen-bond donors (Lipinski definition) is 2. The van der Waals surface area contributed by atoms with Crippen molar-refractivity contribution in [1.29, 1.82) is 0 Å². The number of carboxylic acids is 1. The van der Waals surface area contributed by atoms with Gasteiger partial charge < -0.3 is 15.2 Å². The van der Waals surface area contributed by atoms with Crippen LogP contribution in [0.2, 0.25) is 0 Å². The number of nitrogens with one attached hydrogen (secondary N) is 1. The first-order valence-corrected chi connectivity index (χ1v) is 8.29. The predicted molar refractivity (Wildman–Crippen MR) is 97.7 cm³/mol. The van der Waals surface area contributed by atoms with Gasteiger partial charge in [-0.25, -0.2) is 9.18 Å². The van der Waals surface area contributed by atoms with E-state index in [1.54, 1.807) is 6.07 Å². The predicted octanol–water partition coefficient (Wildman–Crippen LogP) is 4.74. The smallest absolute Gasteiger partial charge is 0.478 e. The number of hydrogen-bond acceptors (Lipinski definition) is 4. The highest BCUT2D eigenvalue weighted by atomic mass is 19.4. The van der Waals surface area contributed by atoms with Gasteiger partial charge in [0.15, 0.2) is 0 Å². The molecule has 0 saturated heterocycles. The van der Waals surface area contributed by atoms with Gasteiger partial charge in [0.05, 0.1) is 17.6 Å². The van der Waals surface area contributed by atoms with Crippen LogP contribution in [0.3, 0.4) is 0 Å². The summed E-state index contributed by atoms with van der Waals surface area (Å²) in [7, 11) is 0. The summed E-state index contributed by atoms with van der Waals surface area (Å²) < 4.78 is 54.6. The first kappa shape index (κ1) is 20.8. The van der Waals surface area contributed by atoms with E-state index in [2.05, 4.69) is 15.0 Å². The molecule has 0 saturated carbocycles. The van der Waals surface area contributed by atoms with E-state index in [-0.39, 0.29) is 16.8 Å². The number of nitrogens with zero attached hydrogens (tertiary/aromatic N) is 1. The van der Waals surface area contributed by atoms with Crippen LogP contribution in [-0.2, 0) is 0 Å². The Morgan fingerprint density at radius 2 is 1.77 bits per heavy atom. The number of halogens is 4. The number of ether oxygens (including phenoxy) is 1. The van der Waals surface area contributed by atoms with Gasteiger partial charge in [-0.15, -0.1) is 13.2 Å². The average Bonchev–Trinajstić information content (AvgIpc) is 2.68. The molecule has 3 rings (SSSR count). The molecule has 30 heavy (non-hydrogen) atoms. The van der Waals surface area contributed by atoms with Crippen LogP contribution in [0, 0.1) is 5.82 Å². The summed E-state index contributed by atoms with van der Waals surface area (Å²) in [6.07, 6.45) is -3.82. The molecule has 2 aromatic carbocycles. The Bertz CT molecular complexity index is 1100. The minimum Gasteiger partial charge on any atom is -0.478 e. The highest BCUT2D eigenvalue weighted by Gasteiger charge is 2.33. The van der Waals surface area contributed by atoms with Crippen LogP contribution in [0.4, 0.5) is 23.2 Å². The zero-order valence-electron chi connectivity index (χ0n) is 14.9. The third-order valence-electron chi connectivity index (χ3n) is 3.87. The molecule has 1 heterocycles. The van der Waals surface area contributed by atoms with Crippen molar-refractivity contribution in [3.05, 3.63) is 77.7 Å². The van der Waals surface area contributed by atoms with E-state index in [1.807, 2.05) is 0 Å². The molecule has 0 aliphatic carbocycles. The Hall–Kier alpha value is -3.95. The molecule has 0 unspecified atom stereocenters. The van der Waals surface area contributed by atoms with E-state index in [0.717, 1.165) is 18.2 Å². The van der Waals surface area contributed by atoms with Crippen molar-refractivity contribution in [2.24, 2.45) is 0 Å². The Kier molecular flexibility index (Phi) is 5.67. The van der Waals surface area contributed by atoms with Crippen molar-refractivity contribution in [1.82, 2.24) is 4.98 Å². The summed E-state index contributed by atoms with van der Waals surface area (Å²) in [6.45, 7) is 0. The second-order valence-corrected chi connectivity index (χ2v) is 5.93. The van der Waals surface area contributed by atoms with Crippen molar-refractivity contribution in [2.75, 3.05) is 5.32 Å². The monoisotopic (exact) mass is 420 g/mol. The molecule has 1 amide bonds. The molecule has 6 nitrogen and oxygen atoms in total. The quantitative estimate of drug-likeness (QED) is 0.583. The molecule has 1 aromatic heterocycles. The van der Waals surface area contributed by atoms with Crippen LogP contribution in [0.15, 0.2) is 60.8 Å². The number of benzene rings is 2. The lowest BCUT2D eigenvalue weighted by Gasteiger charge is -2.12. The van der Waals surface area contributed by atoms with Gasteiger partial charge in [0.2, 0.25) is 0 Å². The number of carbonyl (C=O) groups is 2. The van der Waals surface area contributed by atoms with Gasteiger partial charge in [0, 0.05) is 11.1 Å². The van der Waals surface area contributed by atoms with Gasteiger partial charge >= 0.3 is 12.3 Å². The van der Waals surface area contributed by atoms with E-state index < -0.39 is 35.4 Å². The van der Waals surface area contributed by atoms with Crippen LogP contribution in [0.5, 0.6) is 5.75 Å². The molecule has 154 valence electrons. The summed E-state index contributed by atoms with van der Waals surface area (Å²) in [6, 6.07) is 11.4. The van der Waals surface area contributed by atoms with E-state index in [1.165, 1.54) is 36.5 Å². The zero-order chi connectivity index (χ0) is 21.9. The lowest BCUT2D eigenvalue weighted by molar-refractivity contribution is -0.274. The first-order valence-electron chi connectivity index (χ1n) is 8.29. The Morgan fingerprint density at radius 1 is 1.03 bits per heavy atom. The zero-order valence-corrected chi connectivity index (χ0v) is 14.9. The van der Waals surface area contributed by atoms with Crippen LogP contribution < -0.4 is 10.1 Å². The number of carboxylic acid groups (broad SMARTS) is 1. The fraction of sp³-hybridized carbons (Fsp3) is 0.0500. The summed E-state index contributed by atoms with van der Waals surface area (Å²) in [5.41, 5.74) is -0.227. The van der Waals surface area contributed by atoms with E-state index in [0.29, 0.717) is 5.69 Å². The van der Waals surface area contributed by atoms with Gasteiger partial charge in [-0.1, -0.05) is 12.1 Å². The molecule has 10 heteroatoms. The highest BCUT2D eigenvalue weighted by Crippen LogP contribution is 2.28. The van der Waals surface area contributed by atoms with Gasteiger partial charge in [-0.05, 0) is 42.5 Å². The van der Waals surface area contributed by atoms with Gasteiger partial charge in [0.25, 0.3) is 5.91 Å². The SMILES string of the molecule is O=C(Nc1ccc(-c2ccccc2F)nc1)c1ccc(OC(F)(F)F)c(C(=O)O)c1. The van der Waals surface area contributed by atoms with Gasteiger partial charge in [-0.2, -0.15) is 0 Å². The maximum Gasteiger partial charge on any atom is 0.573 e. The molecular formula is C20H12F4N2O4. The third kappa shape index (κ3) is 4.90. The number of rotatable bonds is 5. The van der Waals surface area contributed by atoms with Crippen LogP contribution in [0.1, 0.15) is 20.7 Å². The minimum atomic E-state index is -5.08. The second kappa shape index (κ2) is 8.19. The standard InChI is InChI=1S/C20H12F4N2O4/c21-15-4-2-1-3-13(15)16-7-6-12(10-25-16)26-18(27)11-5-8-17(30-20(22,23)24)14(9-11)19(28)29/h1-10H,(H,26,27)(H,28,29). The number of anilines is 1. The molecular weight excluding hydrogens is 408 g/mol. The fourth-order valence-corrected chi connectivity index (χ4v) is 2.55. The maximum absolute atomic E-state index is 13.8. The molecule has 0 spiro atoms. The van der Waals surface area contributed by atoms with Crippen molar-refractivity contribution in [3.8, 4) is 17.0 Å². The number of aromatic nitrogens is 1. The first-order chi connectivity index (χ1) is 14.1. The highest BCUT2D eigenvalue weighted by molar-refractivity contribution is 6.06. The minimum absolute atomic E-state index is 0.208. The molecule has 0 radical (unpaired) electrons. The van der Waals surface area contributed by atoms with E-state index in [9.17, 15) is 27.2 Å². The molecule has 0 fully saturated rings. The summed E-state index contributed by atoms with van der Waals surface area (Å²) in [4.78, 5) is 27.6. The molecule has 3 aromatic rings. The van der Waals surface area contributed by atoms with Crippen molar-refractivity contribution < 1.29 is 37.0 Å². The van der Waals surface area contributed by atoms with Gasteiger partial charge in [0.1, 0.15) is 17.1 Å². The van der Waals surface area contributed by atoms with Crippen molar-refractivity contribution >= 4 is 17.6 Å². The Labute approximate surface area is 166 Å². The third-order valence-corrected chi connectivity index (χ3v) is 3.87. The van der Waals surface area contributed by atoms with Crippen LogP contribution in [0.25, 0.3) is 11.3 Å². The lowest BCUT2D eigenvalue weighted by atomic mass is 10.1. The summed E-state index contributed by atoms with van der Waals surface area (Å²) in [5.74, 6) is -3.89. The second-order valence-electron chi connectivity index (χ2n) is 5.93. The normalized spacial score (nSPS) is 11.1. The lowest BCUT2D eigenvalue weighted by Crippen LogP contribution is -2.20. The molecule has 0 aliphatic rings. The van der Waals surface area contributed by atoms with E-state index in [4.69, 9.17) is 5.11 Å². The number of pyridine rings is 1. The number of amides is 1. The summed E-state index contributed by atoms with van der Waals surface area (Å²) >= 11 is 0. The van der Waals surface area contributed by atoms with Crippen LogP contribution >= 0.6 is 0 Å². The molecule has 0 atom stereocenters. The molecule has 2 N–H and O–H groups in total. The summed E-state index contributed by atoms with van der Waals surface area (Å²) in [5, 5.41) is 11.5. The number of carbonyl (C=O) groups excluding carboxylic acids is 1. The number of aromatic carboxylic acids is 1. The Balaban J connectivity index is 1.79. The Morgan fingerprint density at radius 3 is 2.37 bits per heavy atom. The topological polar surface area (TPSA) is 88.5 Å². The maximum atomic E-state index is 13.8. The van der Waals surface area contributed by atoms with Crippen LogP contribution in [-0.4, -0.2) is 28.3 Å². The average molecular weight is 420 g/mol. The molecule has 0 aliphatic heterocycles. The fourth-order valence-electron chi connectivity index (χ4n) is 2.55. The number of alkyl halides is 3. The van der Waals surface area contributed by atoms with Crippen molar-refractivity contribution in [3.63, 3.8) is 0 Å². The molecule has 0 bridgehead atoms. The van der Waals surface area contributed by atoms with Crippen molar-refractivity contribution in [2.45, 2.75) is 6.36 Å². The van der Waals surface area contributed by atoms with Gasteiger partial charge in [-0.3, -0.25) is 9.78 Å². The largest absolute Gasteiger partial charge is 0.573 e.